The average Bonchev–Trinajstić information content (AvgIpc) is 2.54. The topological polar surface area (TPSA) is 61.8 Å². The van der Waals surface area contributed by atoms with Crippen LogP contribution in [0.25, 0.3) is 0 Å². The van der Waals surface area contributed by atoms with Gasteiger partial charge in [-0.15, -0.1) is 0 Å². The van der Waals surface area contributed by atoms with E-state index >= 15 is 0 Å². The fourth-order valence-electron chi connectivity index (χ4n) is 2.50. The lowest BCUT2D eigenvalue weighted by atomic mass is 10.1. The van der Waals surface area contributed by atoms with Gasteiger partial charge in [0.05, 0.1) is 6.10 Å². The van der Waals surface area contributed by atoms with E-state index < -0.39 is 5.60 Å². The zero-order valence-corrected chi connectivity index (χ0v) is 11.5. The van der Waals surface area contributed by atoms with Gasteiger partial charge in [-0.1, -0.05) is 0 Å². The van der Waals surface area contributed by atoms with Gasteiger partial charge in [0.25, 0.3) is 0 Å². The minimum atomic E-state index is -0.433. The van der Waals surface area contributed by atoms with Gasteiger partial charge in [0.2, 0.25) is 0 Å². The molecule has 1 heterocycles. The van der Waals surface area contributed by atoms with Crippen molar-refractivity contribution in [3.05, 3.63) is 0 Å². The Labute approximate surface area is 108 Å². The van der Waals surface area contributed by atoms with Crippen molar-refractivity contribution in [2.24, 2.45) is 0 Å². The molecule has 104 valence electrons. The minimum absolute atomic E-state index is 0.204. The highest BCUT2D eigenvalue weighted by molar-refractivity contribution is 5.69. The summed E-state index contributed by atoms with van der Waals surface area (Å²) in [5.74, 6) is 0. The Kier molecular flexibility index (Phi) is 3.82. The van der Waals surface area contributed by atoms with Gasteiger partial charge in [-0.2, -0.15) is 0 Å². The van der Waals surface area contributed by atoms with E-state index in [4.69, 9.17) is 4.74 Å². The minimum Gasteiger partial charge on any atom is -0.444 e. The summed E-state index contributed by atoms with van der Waals surface area (Å²) in [7, 11) is 0. The number of ether oxygens (including phenoxy) is 1. The molecular weight excluding hydrogens is 232 g/mol. The molecule has 1 amide bonds. The molecule has 1 saturated carbocycles. The van der Waals surface area contributed by atoms with Crippen LogP contribution in [0.3, 0.4) is 0 Å². The molecule has 2 atom stereocenters. The van der Waals surface area contributed by atoms with Crippen LogP contribution in [-0.2, 0) is 4.74 Å². The van der Waals surface area contributed by atoms with Crippen LogP contribution < -0.4 is 5.32 Å². The lowest BCUT2D eigenvalue weighted by molar-refractivity contribution is 0.00230. The maximum Gasteiger partial charge on any atom is 0.410 e. The monoisotopic (exact) mass is 256 g/mol. The Bertz CT molecular complexity index is 308. The van der Waals surface area contributed by atoms with Crippen molar-refractivity contribution in [3.8, 4) is 0 Å². The lowest BCUT2D eigenvalue weighted by Gasteiger charge is -2.41. The van der Waals surface area contributed by atoms with E-state index in [9.17, 15) is 9.90 Å². The van der Waals surface area contributed by atoms with Crippen LogP contribution in [0.5, 0.6) is 0 Å². The first-order valence-electron chi connectivity index (χ1n) is 6.77. The number of nitrogens with one attached hydrogen (secondary N) is 1. The molecule has 0 aromatic rings. The van der Waals surface area contributed by atoms with Crippen molar-refractivity contribution < 1.29 is 14.6 Å². The summed E-state index contributed by atoms with van der Waals surface area (Å²) in [5, 5.41) is 13.1. The van der Waals surface area contributed by atoms with Gasteiger partial charge in [-0.25, -0.2) is 4.79 Å². The highest BCUT2D eigenvalue weighted by Crippen LogP contribution is 2.21. The highest BCUT2D eigenvalue weighted by Gasteiger charge is 2.36. The predicted molar refractivity (Wildman–Crippen MR) is 68.4 cm³/mol. The standard InChI is InChI=1S/C13H24N2O3/c1-13(2,3)18-12(17)15-7-9(8-15)14-10-5-4-6-11(10)16/h9-11,14,16H,4-8H2,1-3H3/t10-,11-/m1/s1. The molecule has 0 radical (unpaired) electrons. The molecule has 2 rings (SSSR count). The van der Waals surface area contributed by atoms with E-state index in [2.05, 4.69) is 5.32 Å². The van der Waals surface area contributed by atoms with Crippen molar-refractivity contribution in [3.63, 3.8) is 0 Å². The van der Waals surface area contributed by atoms with Crippen molar-refractivity contribution in [1.29, 1.82) is 0 Å². The quantitative estimate of drug-likeness (QED) is 0.777. The lowest BCUT2D eigenvalue weighted by Crippen LogP contribution is -2.63. The third-order valence-electron chi connectivity index (χ3n) is 3.46. The highest BCUT2D eigenvalue weighted by atomic mass is 16.6. The number of carbonyl (C=O) groups excluding carboxylic acids is 1. The van der Waals surface area contributed by atoms with Crippen LogP contribution in [0.1, 0.15) is 40.0 Å². The zero-order chi connectivity index (χ0) is 13.3. The number of aliphatic hydroxyl groups is 1. The molecule has 0 spiro atoms. The summed E-state index contributed by atoms with van der Waals surface area (Å²) in [5.41, 5.74) is -0.433. The maximum absolute atomic E-state index is 11.7. The third-order valence-corrected chi connectivity index (χ3v) is 3.46. The van der Waals surface area contributed by atoms with Gasteiger partial charge in [0.1, 0.15) is 5.60 Å². The Hall–Kier alpha value is -0.810. The van der Waals surface area contributed by atoms with E-state index in [1.165, 1.54) is 0 Å². The number of likely N-dealkylation sites (tertiary alicyclic amines) is 1. The van der Waals surface area contributed by atoms with E-state index in [1.807, 2.05) is 20.8 Å². The number of nitrogens with zero attached hydrogens (tertiary/aromatic N) is 1. The van der Waals surface area contributed by atoms with Gasteiger partial charge in [-0.3, -0.25) is 0 Å². The summed E-state index contributed by atoms with van der Waals surface area (Å²) in [4.78, 5) is 13.4. The zero-order valence-electron chi connectivity index (χ0n) is 11.5. The normalized spacial score (nSPS) is 29.2. The largest absolute Gasteiger partial charge is 0.444 e. The molecular formula is C13H24N2O3. The van der Waals surface area contributed by atoms with E-state index in [-0.39, 0.29) is 18.2 Å². The predicted octanol–water partition coefficient (Wildman–Crippen LogP) is 1.11. The van der Waals surface area contributed by atoms with Gasteiger partial charge in [0.15, 0.2) is 0 Å². The Balaban J connectivity index is 1.69. The first-order valence-corrected chi connectivity index (χ1v) is 6.77. The fourth-order valence-corrected chi connectivity index (χ4v) is 2.50. The van der Waals surface area contributed by atoms with Gasteiger partial charge in [0, 0.05) is 25.2 Å². The van der Waals surface area contributed by atoms with Gasteiger partial charge >= 0.3 is 6.09 Å². The van der Waals surface area contributed by atoms with E-state index in [0.29, 0.717) is 19.1 Å². The van der Waals surface area contributed by atoms with E-state index in [1.54, 1.807) is 4.90 Å². The van der Waals surface area contributed by atoms with Crippen LogP contribution in [0, 0.1) is 0 Å². The molecule has 0 unspecified atom stereocenters. The number of carbonyl (C=O) groups is 1. The van der Waals surface area contributed by atoms with Crippen molar-refractivity contribution >= 4 is 6.09 Å². The van der Waals surface area contributed by atoms with Gasteiger partial charge < -0.3 is 20.1 Å². The summed E-state index contributed by atoms with van der Waals surface area (Å²) in [6.45, 7) is 6.97. The maximum atomic E-state index is 11.7. The number of amides is 1. The van der Waals surface area contributed by atoms with Crippen molar-refractivity contribution in [2.45, 2.75) is 63.8 Å². The molecule has 1 aliphatic heterocycles. The smallest absolute Gasteiger partial charge is 0.410 e. The van der Waals surface area contributed by atoms with Crippen LogP contribution in [0.15, 0.2) is 0 Å². The van der Waals surface area contributed by atoms with Crippen LogP contribution >= 0.6 is 0 Å². The molecule has 2 aliphatic rings. The summed E-state index contributed by atoms with van der Waals surface area (Å²) in [6, 6.07) is 0.506. The SMILES string of the molecule is CC(C)(C)OC(=O)N1CC(N[C@@H]2CCC[C@H]2O)C1. The summed E-state index contributed by atoms with van der Waals surface area (Å²) < 4.78 is 5.29. The molecule has 5 heteroatoms. The second kappa shape index (κ2) is 5.05. The molecule has 0 aromatic heterocycles. The van der Waals surface area contributed by atoms with Crippen molar-refractivity contribution in [2.75, 3.05) is 13.1 Å². The molecule has 1 saturated heterocycles. The van der Waals surface area contributed by atoms with Crippen LogP contribution in [-0.4, -0.2) is 53.0 Å². The molecule has 0 bridgehead atoms. The summed E-state index contributed by atoms with van der Waals surface area (Å²) >= 11 is 0. The second-order valence-electron chi connectivity index (χ2n) is 6.35. The van der Waals surface area contributed by atoms with Crippen LogP contribution in [0.4, 0.5) is 4.79 Å². The molecule has 2 N–H and O–H groups in total. The second-order valence-corrected chi connectivity index (χ2v) is 6.35. The summed E-state index contributed by atoms with van der Waals surface area (Å²) in [6.07, 6.45) is 2.54. The van der Waals surface area contributed by atoms with E-state index in [0.717, 1.165) is 19.3 Å². The Morgan fingerprint density at radius 1 is 1.33 bits per heavy atom. The number of hydrogen-bond donors (Lipinski definition) is 2. The number of aliphatic hydroxyl groups excluding tert-OH is 1. The molecule has 2 fully saturated rings. The number of rotatable bonds is 2. The van der Waals surface area contributed by atoms with Crippen LogP contribution in [0.2, 0.25) is 0 Å². The molecule has 1 aliphatic carbocycles. The molecule has 5 nitrogen and oxygen atoms in total. The third kappa shape index (κ3) is 3.36. The Morgan fingerprint density at radius 2 is 2.00 bits per heavy atom. The Morgan fingerprint density at radius 3 is 2.50 bits per heavy atom. The molecule has 0 aromatic carbocycles. The van der Waals surface area contributed by atoms with Crippen molar-refractivity contribution in [1.82, 2.24) is 10.2 Å². The fraction of sp³-hybridized carbons (Fsp3) is 0.923. The first kappa shape index (κ1) is 13.6. The molecule has 18 heavy (non-hydrogen) atoms. The average molecular weight is 256 g/mol. The number of hydrogen-bond acceptors (Lipinski definition) is 4. The first-order chi connectivity index (χ1) is 8.35. The van der Waals surface area contributed by atoms with Gasteiger partial charge in [-0.05, 0) is 40.0 Å².